The third-order valence-electron chi connectivity index (χ3n) is 6.89. The predicted octanol–water partition coefficient (Wildman–Crippen LogP) is 4.61. The second kappa shape index (κ2) is 8.62. The van der Waals surface area contributed by atoms with Crippen LogP contribution < -0.4 is 10.6 Å². The normalized spacial score (nSPS) is 21.2. The molecule has 2 unspecified atom stereocenters. The molecule has 0 fully saturated rings. The van der Waals surface area contributed by atoms with Gasteiger partial charge in [0, 0.05) is 36.4 Å². The first kappa shape index (κ1) is 20.5. The summed E-state index contributed by atoms with van der Waals surface area (Å²) in [5.41, 5.74) is 6.30. The van der Waals surface area contributed by atoms with Gasteiger partial charge in [-0.3, -0.25) is 9.59 Å². The Hall–Kier alpha value is -3.40. The molecule has 2 N–H and O–H groups in total. The van der Waals surface area contributed by atoms with Gasteiger partial charge in [0.2, 0.25) is 5.91 Å². The SMILES string of the molecule is CC(CC(=O)NCC1CC2c3ccccc3C1c1ccccc12)NC(=O)c1ccccc1. The molecule has 2 amide bonds. The molecule has 3 aromatic rings. The van der Waals surface area contributed by atoms with E-state index in [1.165, 1.54) is 22.3 Å². The lowest BCUT2D eigenvalue weighted by Gasteiger charge is -2.45. The van der Waals surface area contributed by atoms with E-state index in [0.717, 1.165) is 6.42 Å². The van der Waals surface area contributed by atoms with Crippen molar-refractivity contribution in [3.05, 3.63) is 107 Å². The predicted molar refractivity (Wildman–Crippen MR) is 126 cm³/mol. The molecule has 3 aromatic carbocycles. The summed E-state index contributed by atoms with van der Waals surface area (Å²) in [4.78, 5) is 25.0. The van der Waals surface area contributed by atoms with Gasteiger partial charge in [-0.1, -0.05) is 66.7 Å². The van der Waals surface area contributed by atoms with Gasteiger partial charge < -0.3 is 10.6 Å². The molecule has 32 heavy (non-hydrogen) atoms. The molecule has 4 heteroatoms. The van der Waals surface area contributed by atoms with Crippen LogP contribution >= 0.6 is 0 Å². The van der Waals surface area contributed by atoms with Crippen LogP contribution in [0, 0.1) is 5.92 Å². The first-order valence-electron chi connectivity index (χ1n) is 11.4. The highest BCUT2D eigenvalue weighted by Gasteiger charge is 2.42. The maximum Gasteiger partial charge on any atom is 0.251 e. The molecule has 2 atom stereocenters. The molecule has 3 aliphatic rings. The second-order valence-electron chi connectivity index (χ2n) is 9.03. The van der Waals surface area contributed by atoms with E-state index >= 15 is 0 Å². The molecule has 162 valence electrons. The van der Waals surface area contributed by atoms with Crippen molar-refractivity contribution in [2.75, 3.05) is 6.54 Å². The van der Waals surface area contributed by atoms with Crippen LogP contribution in [0.3, 0.4) is 0 Å². The molecule has 0 spiro atoms. The standard InChI is InChI=1S/C28H28N2O2/c1-18(30-28(32)19-9-3-2-4-10-19)15-26(31)29-17-20-16-25-21-11-5-7-13-23(21)27(20)24-14-8-6-12-22(24)25/h2-14,18,20,25,27H,15-17H2,1H3,(H,29,31)(H,30,32). The fraction of sp³-hybridized carbons (Fsp3) is 0.286. The maximum atomic E-state index is 12.6. The van der Waals surface area contributed by atoms with E-state index in [1.807, 2.05) is 25.1 Å². The van der Waals surface area contributed by atoms with Crippen molar-refractivity contribution in [3.63, 3.8) is 0 Å². The molecule has 0 radical (unpaired) electrons. The van der Waals surface area contributed by atoms with E-state index in [2.05, 4.69) is 59.2 Å². The largest absolute Gasteiger partial charge is 0.356 e. The lowest BCUT2D eigenvalue weighted by atomic mass is 9.59. The van der Waals surface area contributed by atoms with Gasteiger partial charge in [0.15, 0.2) is 0 Å². The van der Waals surface area contributed by atoms with Gasteiger partial charge in [-0.05, 0) is 53.6 Å². The molecule has 0 aliphatic heterocycles. The number of rotatable bonds is 6. The van der Waals surface area contributed by atoms with Crippen LogP contribution in [0.5, 0.6) is 0 Å². The van der Waals surface area contributed by atoms with E-state index in [0.29, 0.717) is 29.9 Å². The summed E-state index contributed by atoms with van der Waals surface area (Å²) >= 11 is 0. The lowest BCUT2D eigenvalue weighted by molar-refractivity contribution is -0.121. The van der Waals surface area contributed by atoms with Crippen LogP contribution in [0.15, 0.2) is 78.9 Å². The Labute approximate surface area is 189 Å². The Kier molecular flexibility index (Phi) is 5.52. The molecule has 4 nitrogen and oxygen atoms in total. The van der Waals surface area contributed by atoms with Gasteiger partial charge in [-0.25, -0.2) is 0 Å². The first-order valence-corrected chi connectivity index (χ1v) is 11.4. The molecule has 0 saturated heterocycles. The minimum atomic E-state index is -0.230. The summed E-state index contributed by atoms with van der Waals surface area (Å²) in [6.07, 6.45) is 1.33. The van der Waals surface area contributed by atoms with Crippen molar-refractivity contribution in [1.82, 2.24) is 10.6 Å². The first-order chi connectivity index (χ1) is 15.6. The average molecular weight is 425 g/mol. The summed E-state index contributed by atoms with van der Waals surface area (Å²) in [6.45, 7) is 2.53. The Bertz CT molecular complexity index is 1090. The van der Waals surface area contributed by atoms with Gasteiger partial charge in [0.25, 0.3) is 5.91 Å². The van der Waals surface area contributed by atoms with Crippen molar-refractivity contribution >= 4 is 11.8 Å². The third kappa shape index (κ3) is 3.81. The van der Waals surface area contributed by atoms with Gasteiger partial charge in [-0.2, -0.15) is 0 Å². The van der Waals surface area contributed by atoms with Crippen molar-refractivity contribution in [3.8, 4) is 0 Å². The number of carbonyl (C=O) groups is 2. The quantitative estimate of drug-likeness (QED) is 0.607. The Morgan fingerprint density at radius 1 is 0.844 bits per heavy atom. The van der Waals surface area contributed by atoms with E-state index in [-0.39, 0.29) is 24.3 Å². The maximum absolute atomic E-state index is 12.6. The summed E-state index contributed by atoms with van der Waals surface area (Å²) in [7, 11) is 0. The molecule has 6 rings (SSSR count). The highest BCUT2D eigenvalue weighted by Crippen LogP contribution is 2.55. The highest BCUT2D eigenvalue weighted by molar-refractivity contribution is 5.94. The number of carbonyl (C=O) groups excluding carboxylic acids is 2. The van der Waals surface area contributed by atoms with Crippen LogP contribution in [0.25, 0.3) is 0 Å². The molecular formula is C28H28N2O2. The lowest BCUT2D eigenvalue weighted by Crippen LogP contribution is -2.41. The summed E-state index contributed by atoms with van der Waals surface area (Å²) < 4.78 is 0. The second-order valence-corrected chi connectivity index (χ2v) is 9.03. The fourth-order valence-corrected chi connectivity index (χ4v) is 5.50. The zero-order valence-electron chi connectivity index (χ0n) is 18.3. The van der Waals surface area contributed by atoms with Gasteiger partial charge in [-0.15, -0.1) is 0 Å². The van der Waals surface area contributed by atoms with E-state index < -0.39 is 0 Å². The number of benzene rings is 3. The van der Waals surface area contributed by atoms with Crippen molar-refractivity contribution in [1.29, 1.82) is 0 Å². The van der Waals surface area contributed by atoms with Crippen molar-refractivity contribution in [2.45, 2.75) is 37.6 Å². The third-order valence-corrected chi connectivity index (χ3v) is 6.89. The smallest absolute Gasteiger partial charge is 0.251 e. The fourth-order valence-electron chi connectivity index (χ4n) is 5.50. The molecule has 0 aromatic heterocycles. The summed E-state index contributed by atoms with van der Waals surface area (Å²) in [5.74, 6) is 0.932. The van der Waals surface area contributed by atoms with Crippen molar-refractivity contribution < 1.29 is 9.59 Å². The van der Waals surface area contributed by atoms with Crippen LogP contribution in [0.2, 0.25) is 0 Å². The van der Waals surface area contributed by atoms with Gasteiger partial charge >= 0.3 is 0 Å². The van der Waals surface area contributed by atoms with E-state index in [1.54, 1.807) is 12.1 Å². The van der Waals surface area contributed by atoms with Crippen LogP contribution in [-0.4, -0.2) is 24.4 Å². The van der Waals surface area contributed by atoms with E-state index in [4.69, 9.17) is 0 Å². The molecule has 2 bridgehead atoms. The van der Waals surface area contributed by atoms with Crippen LogP contribution in [0.1, 0.15) is 64.2 Å². The number of fused-ring (bicyclic) bond motifs is 1. The zero-order valence-corrected chi connectivity index (χ0v) is 18.3. The number of hydrogen-bond acceptors (Lipinski definition) is 2. The topological polar surface area (TPSA) is 58.2 Å². The zero-order chi connectivity index (χ0) is 22.1. The number of amides is 2. The minimum absolute atomic E-state index is 0.0196. The van der Waals surface area contributed by atoms with Crippen molar-refractivity contribution in [2.24, 2.45) is 5.92 Å². The Morgan fingerprint density at radius 2 is 1.41 bits per heavy atom. The Balaban J connectivity index is 1.22. The highest BCUT2D eigenvalue weighted by atomic mass is 16.2. The number of nitrogens with one attached hydrogen (secondary N) is 2. The van der Waals surface area contributed by atoms with Crippen LogP contribution in [0.4, 0.5) is 0 Å². The van der Waals surface area contributed by atoms with Crippen LogP contribution in [-0.2, 0) is 4.79 Å². The minimum Gasteiger partial charge on any atom is -0.356 e. The van der Waals surface area contributed by atoms with E-state index in [9.17, 15) is 9.59 Å². The summed E-state index contributed by atoms with van der Waals surface area (Å²) in [5, 5.41) is 6.07. The molecule has 0 heterocycles. The Morgan fingerprint density at radius 3 is 2.03 bits per heavy atom. The summed E-state index contributed by atoms with van der Waals surface area (Å²) in [6, 6.07) is 26.4. The average Bonchev–Trinajstić information content (AvgIpc) is 2.83. The number of hydrogen-bond donors (Lipinski definition) is 2. The molecule has 3 aliphatic carbocycles. The van der Waals surface area contributed by atoms with Gasteiger partial charge in [0.05, 0.1) is 0 Å². The monoisotopic (exact) mass is 424 g/mol. The molecule has 0 saturated carbocycles. The molecular weight excluding hydrogens is 396 g/mol. The van der Waals surface area contributed by atoms with Gasteiger partial charge in [0.1, 0.15) is 0 Å².